The van der Waals surface area contributed by atoms with Gasteiger partial charge in [-0.2, -0.15) is 20.2 Å². The number of anilines is 1. The Bertz CT molecular complexity index is 327. The molecule has 1 aromatic rings. The van der Waals surface area contributed by atoms with E-state index in [0.717, 1.165) is 0 Å². The van der Waals surface area contributed by atoms with Crippen LogP contribution in [0.5, 0.6) is 6.01 Å². The Morgan fingerprint density at radius 1 is 1.46 bits per heavy atom. The first-order valence-electron chi connectivity index (χ1n) is 2.87. The van der Waals surface area contributed by atoms with E-state index in [4.69, 9.17) is 16.9 Å². The first-order valence-corrected chi connectivity index (χ1v) is 3.24. The Balaban J connectivity index is 0.00000144. The molecule has 64 valence electrons. The second kappa shape index (κ2) is 5.94. The van der Waals surface area contributed by atoms with Crippen LogP contribution in [0.25, 0.3) is 0 Å². The van der Waals surface area contributed by atoms with Gasteiger partial charge in [0.05, 0.1) is 7.11 Å². The van der Waals surface area contributed by atoms with E-state index in [0.29, 0.717) is 0 Å². The fraction of sp³-hybridized carbons (Fsp3) is 0.200. The Kier molecular flexibility index (Phi) is 5.66. The molecule has 0 unspecified atom stereocenters. The van der Waals surface area contributed by atoms with Gasteiger partial charge >= 0.3 is 35.6 Å². The number of aromatic nitrogens is 3. The number of nitrogens with one attached hydrogen (secondary N) is 1. The zero-order valence-corrected chi connectivity index (χ0v) is 6.83. The van der Waals surface area contributed by atoms with Crippen LogP contribution >= 0.6 is 11.6 Å². The predicted octanol–water partition coefficient (Wildman–Crippen LogP) is -0.222. The second-order valence-electron chi connectivity index (χ2n) is 1.65. The summed E-state index contributed by atoms with van der Waals surface area (Å²) in [6.07, 6.45) is 1.65. The molecule has 1 N–H and O–H groups in total. The van der Waals surface area contributed by atoms with E-state index < -0.39 is 0 Å². The molecule has 0 aromatic carbocycles. The standard InChI is InChI=1S/C5H4ClN5O.Na.H/c1-12-5-10-3(6)9-4(11-5)8-2-7;;/h1H3,(H,8,9,10,11);;. The fourth-order valence-corrected chi connectivity index (χ4v) is 0.681. The zero-order valence-electron chi connectivity index (χ0n) is 6.08. The summed E-state index contributed by atoms with van der Waals surface area (Å²) in [7, 11) is 1.39. The molecular formula is C5H5ClN5NaO. The van der Waals surface area contributed by atoms with Gasteiger partial charge in [0, 0.05) is 0 Å². The summed E-state index contributed by atoms with van der Waals surface area (Å²) >= 11 is 5.47. The van der Waals surface area contributed by atoms with Crippen molar-refractivity contribution in [3.63, 3.8) is 0 Å². The normalized spacial score (nSPS) is 8.08. The molecule has 1 rings (SSSR count). The summed E-state index contributed by atoms with van der Waals surface area (Å²) in [6, 6.07) is 0.0627. The monoisotopic (exact) mass is 209 g/mol. The molecule has 0 aliphatic heterocycles. The number of methoxy groups -OCH3 is 1. The average molecular weight is 210 g/mol. The maximum absolute atomic E-state index is 8.23. The van der Waals surface area contributed by atoms with Crippen molar-refractivity contribution in [2.24, 2.45) is 0 Å². The number of hydrogen-bond donors (Lipinski definition) is 1. The van der Waals surface area contributed by atoms with Gasteiger partial charge in [0.2, 0.25) is 11.2 Å². The Morgan fingerprint density at radius 3 is 2.69 bits per heavy atom. The van der Waals surface area contributed by atoms with Crippen molar-refractivity contribution >= 4 is 47.1 Å². The first kappa shape index (κ1) is 12.4. The zero-order chi connectivity index (χ0) is 8.97. The molecule has 0 aliphatic rings. The number of hydrogen-bond acceptors (Lipinski definition) is 6. The van der Waals surface area contributed by atoms with Crippen LogP contribution in [0.15, 0.2) is 0 Å². The average Bonchev–Trinajstić information content (AvgIpc) is 2.04. The van der Waals surface area contributed by atoms with Gasteiger partial charge in [0.25, 0.3) is 0 Å². The molecule has 0 fully saturated rings. The van der Waals surface area contributed by atoms with Crippen molar-refractivity contribution in [1.29, 1.82) is 5.26 Å². The number of halogens is 1. The van der Waals surface area contributed by atoms with E-state index in [-0.39, 0.29) is 46.8 Å². The molecule has 0 saturated carbocycles. The molecule has 0 bridgehead atoms. The molecule has 0 spiro atoms. The third kappa shape index (κ3) is 3.74. The molecule has 0 amide bonds. The van der Waals surface area contributed by atoms with E-state index in [1.54, 1.807) is 6.19 Å². The molecule has 0 radical (unpaired) electrons. The van der Waals surface area contributed by atoms with E-state index in [9.17, 15) is 0 Å². The predicted molar refractivity (Wildman–Crippen MR) is 47.8 cm³/mol. The van der Waals surface area contributed by atoms with Gasteiger partial charge in [0.1, 0.15) is 0 Å². The van der Waals surface area contributed by atoms with Gasteiger partial charge < -0.3 is 4.74 Å². The van der Waals surface area contributed by atoms with Gasteiger partial charge in [-0.25, -0.2) is 0 Å². The molecule has 0 atom stereocenters. The van der Waals surface area contributed by atoms with Crippen molar-refractivity contribution in [3.05, 3.63) is 5.28 Å². The topological polar surface area (TPSA) is 83.7 Å². The van der Waals surface area contributed by atoms with E-state index >= 15 is 0 Å². The summed E-state index contributed by atoms with van der Waals surface area (Å²) in [5.41, 5.74) is 0. The Hall–Kier alpha value is -0.610. The Morgan fingerprint density at radius 2 is 2.15 bits per heavy atom. The van der Waals surface area contributed by atoms with Crippen molar-refractivity contribution in [1.82, 2.24) is 15.0 Å². The van der Waals surface area contributed by atoms with Crippen LogP contribution in [0.2, 0.25) is 5.28 Å². The molecule has 0 saturated heterocycles. The SMILES string of the molecule is COc1nc(Cl)nc(NC#N)n1.[NaH]. The van der Waals surface area contributed by atoms with Crippen molar-refractivity contribution < 1.29 is 4.74 Å². The summed E-state index contributed by atoms with van der Waals surface area (Å²) < 4.78 is 4.69. The third-order valence-electron chi connectivity index (χ3n) is 0.938. The summed E-state index contributed by atoms with van der Waals surface area (Å²) in [4.78, 5) is 10.9. The van der Waals surface area contributed by atoms with Crippen LogP contribution in [-0.4, -0.2) is 51.6 Å². The number of rotatable bonds is 2. The van der Waals surface area contributed by atoms with Crippen LogP contribution < -0.4 is 10.1 Å². The summed E-state index contributed by atoms with van der Waals surface area (Å²) in [5.74, 6) is 0.0642. The molecule has 6 nitrogen and oxygen atoms in total. The van der Waals surface area contributed by atoms with Crippen LogP contribution in [0.3, 0.4) is 0 Å². The van der Waals surface area contributed by atoms with Crippen LogP contribution in [-0.2, 0) is 0 Å². The first-order chi connectivity index (χ1) is 5.76. The minimum atomic E-state index is -0.0281. The molecule has 1 aromatic heterocycles. The summed E-state index contributed by atoms with van der Waals surface area (Å²) in [5, 5.41) is 10.4. The van der Waals surface area contributed by atoms with Crippen molar-refractivity contribution in [3.8, 4) is 12.2 Å². The Labute approximate surface area is 102 Å². The molecule has 1 heterocycles. The molecule has 13 heavy (non-hydrogen) atoms. The molecule has 0 aliphatic carbocycles. The minimum absolute atomic E-state index is 0. The van der Waals surface area contributed by atoms with Gasteiger partial charge in [-0.15, -0.1) is 0 Å². The van der Waals surface area contributed by atoms with E-state index in [2.05, 4.69) is 25.0 Å². The van der Waals surface area contributed by atoms with Gasteiger partial charge in [-0.3, -0.25) is 5.32 Å². The quantitative estimate of drug-likeness (QED) is 0.412. The van der Waals surface area contributed by atoms with Crippen molar-refractivity contribution in [2.75, 3.05) is 12.4 Å². The summed E-state index contributed by atoms with van der Waals surface area (Å²) in [6.45, 7) is 0. The van der Waals surface area contributed by atoms with Crippen molar-refractivity contribution in [2.45, 2.75) is 0 Å². The van der Waals surface area contributed by atoms with E-state index in [1.165, 1.54) is 7.11 Å². The maximum atomic E-state index is 8.23. The van der Waals surface area contributed by atoms with Crippen LogP contribution in [0.4, 0.5) is 5.95 Å². The second-order valence-corrected chi connectivity index (χ2v) is 1.99. The van der Waals surface area contributed by atoms with Crippen LogP contribution in [0.1, 0.15) is 0 Å². The van der Waals surface area contributed by atoms with Gasteiger partial charge in [0.15, 0.2) is 6.19 Å². The fourth-order valence-electron chi connectivity index (χ4n) is 0.529. The van der Waals surface area contributed by atoms with E-state index in [1.807, 2.05) is 0 Å². The molecular weight excluding hydrogens is 205 g/mol. The third-order valence-corrected chi connectivity index (χ3v) is 1.11. The number of ether oxygens (including phenoxy) is 1. The van der Waals surface area contributed by atoms with Gasteiger partial charge in [-0.05, 0) is 11.6 Å². The van der Waals surface area contributed by atoms with Crippen LogP contribution in [0, 0.1) is 11.5 Å². The molecule has 8 heteroatoms. The number of nitrogens with zero attached hydrogens (tertiary/aromatic N) is 4. The van der Waals surface area contributed by atoms with Gasteiger partial charge in [-0.1, -0.05) is 0 Å². The number of nitriles is 1.